The van der Waals surface area contributed by atoms with Gasteiger partial charge in [-0.2, -0.15) is 0 Å². The third-order valence-corrected chi connectivity index (χ3v) is 7.37. The van der Waals surface area contributed by atoms with Crippen molar-refractivity contribution in [2.75, 3.05) is 50.8 Å². The molecular weight excluding hydrogens is 430 g/mol. The summed E-state index contributed by atoms with van der Waals surface area (Å²) in [4.78, 5) is 28.3. The molecule has 0 aromatic heterocycles. The number of nitrogens with zero attached hydrogens (tertiary/aromatic N) is 2. The van der Waals surface area contributed by atoms with Gasteiger partial charge in [-0.3, -0.25) is 14.5 Å². The van der Waals surface area contributed by atoms with E-state index in [1.165, 1.54) is 12.1 Å². The van der Waals surface area contributed by atoms with Crippen molar-refractivity contribution >= 4 is 17.6 Å². The van der Waals surface area contributed by atoms with Crippen molar-refractivity contribution in [3.63, 3.8) is 0 Å². The van der Waals surface area contributed by atoms with Gasteiger partial charge in [-0.05, 0) is 71.8 Å². The summed E-state index contributed by atoms with van der Waals surface area (Å²) >= 11 is 0. The SMILES string of the molecule is CCOC(=O)C1(C)CCN(Cc2cc(F)c(N3CC(=O)NC4(CCNCC4)C3)cc2F)CC1. The van der Waals surface area contributed by atoms with Crippen LogP contribution in [0, 0.1) is 17.0 Å². The van der Waals surface area contributed by atoms with Crippen LogP contribution in [0.3, 0.4) is 0 Å². The Hall–Kier alpha value is -2.26. The van der Waals surface area contributed by atoms with Crippen LogP contribution in [-0.2, 0) is 20.9 Å². The molecule has 0 bridgehead atoms. The third kappa shape index (κ3) is 5.14. The van der Waals surface area contributed by atoms with Gasteiger partial charge in [-0.25, -0.2) is 8.78 Å². The first-order valence-corrected chi connectivity index (χ1v) is 11.9. The number of nitrogens with one attached hydrogen (secondary N) is 2. The Labute approximate surface area is 193 Å². The molecule has 4 rings (SSSR count). The van der Waals surface area contributed by atoms with Gasteiger partial charge in [0, 0.05) is 24.7 Å². The number of hydrogen-bond donors (Lipinski definition) is 2. The number of esters is 1. The Morgan fingerprint density at radius 2 is 1.82 bits per heavy atom. The highest BCUT2D eigenvalue weighted by atomic mass is 19.1. The van der Waals surface area contributed by atoms with Crippen molar-refractivity contribution in [1.82, 2.24) is 15.5 Å². The average molecular weight is 465 g/mol. The molecule has 0 saturated carbocycles. The highest BCUT2D eigenvalue weighted by Gasteiger charge is 2.41. The quantitative estimate of drug-likeness (QED) is 0.651. The molecule has 0 unspecified atom stereocenters. The van der Waals surface area contributed by atoms with Crippen molar-refractivity contribution < 1.29 is 23.1 Å². The highest BCUT2D eigenvalue weighted by molar-refractivity contribution is 5.84. The van der Waals surface area contributed by atoms with Gasteiger partial charge in [0.25, 0.3) is 0 Å². The fraction of sp³-hybridized carbons (Fsp3) is 0.667. The van der Waals surface area contributed by atoms with E-state index in [2.05, 4.69) is 10.6 Å². The lowest BCUT2D eigenvalue weighted by Crippen LogP contribution is -2.66. The minimum Gasteiger partial charge on any atom is -0.466 e. The smallest absolute Gasteiger partial charge is 0.311 e. The van der Waals surface area contributed by atoms with Crippen LogP contribution in [0.2, 0.25) is 0 Å². The number of ether oxygens (including phenoxy) is 1. The zero-order valence-electron chi connectivity index (χ0n) is 19.5. The molecule has 1 spiro atoms. The molecule has 3 fully saturated rings. The van der Waals surface area contributed by atoms with Gasteiger partial charge in [0.1, 0.15) is 11.6 Å². The third-order valence-electron chi connectivity index (χ3n) is 7.37. The van der Waals surface area contributed by atoms with Gasteiger partial charge in [0.2, 0.25) is 5.91 Å². The molecule has 33 heavy (non-hydrogen) atoms. The molecule has 3 heterocycles. The van der Waals surface area contributed by atoms with Crippen LogP contribution >= 0.6 is 0 Å². The van der Waals surface area contributed by atoms with Crippen LogP contribution in [0.15, 0.2) is 12.1 Å². The Balaban J connectivity index is 1.44. The maximum absolute atomic E-state index is 15.1. The Morgan fingerprint density at radius 1 is 1.12 bits per heavy atom. The van der Waals surface area contributed by atoms with Crippen molar-refractivity contribution in [2.24, 2.45) is 5.41 Å². The van der Waals surface area contributed by atoms with Gasteiger partial charge in [0.05, 0.1) is 29.8 Å². The van der Waals surface area contributed by atoms with E-state index in [-0.39, 0.29) is 36.2 Å². The van der Waals surface area contributed by atoms with Crippen molar-refractivity contribution in [1.29, 1.82) is 0 Å². The molecule has 3 aliphatic rings. The van der Waals surface area contributed by atoms with E-state index in [1.54, 1.807) is 11.8 Å². The summed E-state index contributed by atoms with van der Waals surface area (Å²) in [6, 6.07) is 2.48. The summed E-state index contributed by atoms with van der Waals surface area (Å²) in [5.74, 6) is -1.35. The number of amides is 1. The Morgan fingerprint density at radius 3 is 2.48 bits per heavy atom. The fourth-order valence-corrected chi connectivity index (χ4v) is 5.22. The first-order valence-electron chi connectivity index (χ1n) is 11.9. The molecule has 0 radical (unpaired) electrons. The number of carbonyl (C=O) groups is 2. The van der Waals surface area contributed by atoms with Crippen LogP contribution < -0.4 is 15.5 Å². The van der Waals surface area contributed by atoms with E-state index < -0.39 is 22.6 Å². The van der Waals surface area contributed by atoms with E-state index in [9.17, 15) is 9.59 Å². The summed E-state index contributed by atoms with van der Waals surface area (Å²) < 4.78 is 35.4. The lowest BCUT2D eigenvalue weighted by molar-refractivity contribution is -0.157. The van der Waals surface area contributed by atoms with Crippen molar-refractivity contribution in [2.45, 2.75) is 51.6 Å². The molecular formula is C24H34F2N4O3. The summed E-state index contributed by atoms with van der Waals surface area (Å²) in [5, 5.41) is 6.35. The van der Waals surface area contributed by atoms with E-state index >= 15 is 8.78 Å². The van der Waals surface area contributed by atoms with Gasteiger partial charge >= 0.3 is 5.97 Å². The second-order valence-corrected chi connectivity index (χ2v) is 9.89. The summed E-state index contributed by atoms with van der Waals surface area (Å²) in [6.45, 7) is 7.61. The second-order valence-electron chi connectivity index (χ2n) is 9.89. The highest BCUT2D eigenvalue weighted by Crippen LogP contribution is 2.34. The zero-order valence-corrected chi connectivity index (χ0v) is 19.5. The molecule has 1 aromatic rings. The lowest BCUT2D eigenvalue weighted by Gasteiger charge is -2.46. The molecule has 0 aliphatic carbocycles. The van der Waals surface area contributed by atoms with Gasteiger partial charge in [0.15, 0.2) is 0 Å². The number of rotatable bonds is 5. The van der Waals surface area contributed by atoms with Gasteiger partial charge < -0.3 is 20.3 Å². The van der Waals surface area contributed by atoms with E-state index in [4.69, 9.17) is 4.74 Å². The summed E-state index contributed by atoms with van der Waals surface area (Å²) in [7, 11) is 0. The minimum atomic E-state index is -0.528. The van der Waals surface area contributed by atoms with E-state index in [0.29, 0.717) is 39.1 Å². The van der Waals surface area contributed by atoms with Crippen LogP contribution in [0.4, 0.5) is 14.5 Å². The minimum absolute atomic E-state index is 0.0173. The summed E-state index contributed by atoms with van der Waals surface area (Å²) in [6.07, 6.45) is 2.76. The van der Waals surface area contributed by atoms with E-state index in [0.717, 1.165) is 25.9 Å². The van der Waals surface area contributed by atoms with Crippen LogP contribution in [0.25, 0.3) is 0 Å². The van der Waals surface area contributed by atoms with Crippen molar-refractivity contribution in [3.8, 4) is 0 Å². The Bertz CT molecular complexity index is 896. The molecule has 1 amide bonds. The fourth-order valence-electron chi connectivity index (χ4n) is 5.22. The van der Waals surface area contributed by atoms with Crippen LogP contribution in [0.5, 0.6) is 0 Å². The normalized spacial score (nSPS) is 22.8. The molecule has 2 N–H and O–H groups in total. The average Bonchev–Trinajstić information content (AvgIpc) is 2.77. The first kappa shape index (κ1) is 23.9. The first-order chi connectivity index (χ1) is 15.7. The molecule has 3 aliphatic heterocycles. The Kier molecular flexibility index (Phi) is 6.91. The molecule has 0 atom stereocenters. The number of benzene rings is 1. The largest absolute Gasteiger partial charge is 0.466 e. The number of anilines is 1. The monoisotopic (exact) mass is 464 g/mol. The number of piperazine rings is 1. The standard InChI is InChI=1S/C24H34F2N4O3/c1-3-33-22(32)23(2)6-10-29(11-7-23)14-17-12-19(26)20(13-18(17)25)30-15-21(31)28-24(16-30)4-8-27-9-5-24/h12-13,27H,3-11,14-16H2,1-2H3,(H,28,31). The zero-order chi connectivity index (χ0) is 23.6. The maximum Gasteiger partial charge on any atom is 0.311 e. The van der Waals surface area contributed by atoms with E-state index in [1.807, 2.05) is 11.8 Å². The molecule has 7 nitrogen and oxygen atoms in total. The number of halogens is 2. The molecule has 182 valence electrons. The van der Waals surface area contributed by atoms with Gasteiger partial charge in [-0.1, -0.05) is 0 Å². The maximum atomic E-state index is 15.1. The predicted molar refractivity (Wildman–Crippen MR) is 121 cm³/mol. The number of likely N-dealkylation sites (tertiary alicyclic amines) is 1. The second kappa shape index (κ2) is 9.54. The number of carbonyl (C=O) groups excluding carboxylic acids is 2. The van der Waals surface area contributed by atoms with Crippen LogP contribution in [-0.4, -0.2) is 68.2 Å². The number of piperidine rings is 2. The van der Waals surface area contributed by atoms with Crippen LogP contribution in [0.1, 0.15) is 45.1 Å². The van der Waals surface area contributed by atoms with Gasteiger partial charge in [-0.15, -0.1) is 0 Å². The molecule has 1 aromatic carbocycles. The number of hydrogen-bond acceptors (Lipinski definition) is 6. The molecule has 3 saturated heterocycles. The lowest BCUT2D eigenvalue weighted by atomic mass is 9.80. The van der Waals surface area contributed by atoms with Crippen molar-refractivity contribution in [3.05, 3.63) is 29.3 Å². The predicted octanol–water partition coefficient (Wildman–Crippen LogP) is 2.19. The molecule has 9 heteroatoms. The topological polar surface area (TPSA) is 73.9 Å². The summed E-state index contributed by atoms with van der Waals surface area (Å²) in [5.41, 5.74) is -0.507.